The zero-order chi connectivity index (χ0) is 22.8. The van der Waals surface area contributed by atoms with Gasteiger partial charge < -0.3 is 15.5 Å². The molecule has 0 unspecified atom stereocenters. The van der Waals surface area contributed by atoms with E-state index in [4.69, 9.17) is 0 Å². The van der Waals surface area contributed by atoms with Crippen LogP contribution in [0.15, 0.2) is 58.1 Å². The van der Waals surface area contributed by atoms with Crippen LogP contribution in [0.3, 0.4) is 0 Å². The molecule has 32 heavy (non-hydrogen) atoms. The summed E-state index contributed by atoms with van der Waals surface area (Å²) < 4.78 is 15.3. The normalized spacial score (nSPS) is 12.4. The highest BCUT2D eigenvalue weighted by molar-refractivity contribution is 5.93. The van der Waals surface area contributed by atoms with Crippen molar-refractivity contribution in [3.8, 4) is 0 Å². The number of carbonyl (C=O) groups is 2. The Morgan fingerprint density at radius 2 is 1.69 bits per heavy atom. The summed E-state index contributed by atoms with van der Waals surface area (Å²) in [7, 11) is 0. The highest BCUT2D eigenvalue weighted by atomic mass is 19.1. The zero-order valence-electron chi connectivity index (χ0n) is 17.0. The molecule has 0 saturated heterocycles. The van der Waals surface area contributed by atoms with E-state index in [-0.39, 0.29) is 18.4 Å². The summed E-state index contributed by atoms with van der Waals surface area (Å²) in [5.41, 5.74) is -0.206. The molecule has 1 aliphatic rings. The second-order valence-electron chi connectivity index (χ2n) is 7.16. The first-order chi connectivity index (χ1) is 15.3. The summed E-state index contributed by atoms with van der Waals surface area (Å²) in [6.07, 6.45) is 0. The van der Waals surface area contributed by atoms with Gasteiger partial charge in [-0.15, -0.1) is 5.10 Å². The Hall–Kier alpha value is -4.28. The van der Waals surface area contributed by atoms with Crippen molar-refractivity contribution < 1.29 is 14.0 Å². The molecule has 0 bridgehead atoms. The van der Waals surface area contributed by atoms with Gasteiger partial charge in [0.2, 0.25) is 17.8 Å². The van der Waals surface area contributed by atoms with Gasteiger partial charge in [0.15, 0.2) is 0 Å². The molecule has 0 atom stereocenters. The Morgan fingerprint density at radius 3 is 2.38 bits per heavy atom. The molecule has 0 aliphatic carbocycles. The van der Waals surface area contributed by atoms with E-state index in [1.165, 1.54) is 23.6 Å². The number of halogens is 1. The predicted molar refractivity (Wildman–Crippen MR) is 116 cm³/mol. The topological polar surface area (TPSA) is 118 Å². The van der Waals surface area contributed by atoms with Gasteiger partial charge in [0.1, 0.15) is 12.4 Å². The van der Waals surface area contributed by atoms with E-state index >= 15 is 0 Å². The Morgan fingerprint density at radius 1 is 1.00 bits per heavy atom. The number of nitrogens with zero attached hydrogens (tertiary/aromatic N) is 4. The van der Waals surface area contributed by atoms with E-state index in [9.17, 15) is 23.6 Å². The Labute approximate surface area is 180 Å². The van der Waals surface area contributed by atoms with Crippen molar-refractivity contribution in [1.29, 1.82) is 0 Å². The van der Waals surface area contributed by atoms with Crippen molar-refractivity contribution in [3.63, 3.8) is 0 Å². The number of anilines is 4. The lowest BCUT2D eigenvalue weighted by Crippen LogP contribution is -2.44. The fourth-order valence-electron chi connectivity index (χ4n) is 3.41. The first-order valence-electron chi connectivity index (χ1n) is 9.74. The van der Waals surface area contributed by atoms with E-state index in [1.807, 2.05) is 0 Å². The Kier molecular flexibility index (Phi) is 5.54. The molecule has 2 heterocycles. The largest absolute Gasteiger partial charge is 0.333 e. The third-order valence-electron chi connectivity index (χ3n) is 4.80. The number of aromatic nitrogens is 3. The highest BCUT2D eigenvalue weighted by Gasteiger charge is 2.26. The summed E-state index contributed by atoms with van der Waals surface area (Å²) in [6, 6.07) is 12.1. The summed E-state index contributed by atoms with van der Waals surface area (Å²) in [6.45, 7) is 1.50. The molecule has 2 amide bonds. The van der Waals surface area contributed by atoms with Crippen LogP contribution in [0.2, 0.25) is 0 Å². The molecule has 0 spiro atoms. The van der Waals surface area contributed by atoms with Crippen LogP contribution < -0.4 is 26.7 Å². The average molecular weight is 438 g/mol. The second kappa shape index (κ2) is 8.46. The van der Waals surface area contributed by atoms with Crippen LogP contribution in [-0.4, -0.2) is 32.7 Å². The molecule has 2 N–H and O–H groups in total. The maximum atomic E-state index is 13.3. The van der Waals surface area contributed by atoms with E-state index < -0.39 is 29.4 Å². The molecular formula is C21H19FN6O4. The molecule has 0 saturated carbocycles. The lowest BCUT2D eigenvalue weighted by Gasteiger charge is -2.17. The molecular weight excluding hydrogens is 419 g/mol. The number of hydrogen-bond donors (Lipinski definition) is 2. The summed E-state index contributed by atoms with van der Waals surface area (Å²) in [5.74, 6) is -1.03. The van der Waals surface area contributed by atoms with E-state index in [2.05, 4.69) is 15.7 Å². The van der Waals surface area contributed by atoms with Crippen LogP contribution in [0, 0.1) is 5.82 Å². The molecule has 1 aliphatic heterocycles. The number of carbonyl (C=O) groups excluding carboxylic acids is 2. The van der Waals surface area contributed by atoms with Gasteiger partial charge in [0, 0.05) is 37.1 Å². The average Bonchev–Trinajstić information content (AvgIpc) is 3.16. The number of nitrogens with one attached hydrogen (secondary N) is 2. The predicted octanol–water partition coefficient (Wildman–Crippen LogP) is 1.29. The molecule has 2 aromatic carbocycles. The van der Waals surface area contributed by atoms with Crippen molar-refractivity contribution >= 4 is 34.8 Å². The summed E-state index contributed by atoms with van der Waals surface area (Å²) >= 11 is 0. The fraction of sp³-hybridized carbons (Fsp3) is 0.190. The number of rotatable bonds is 5. The van der Waals surface area contributed by atoms with Gasteiger partial charge in [-0.05, 0) is 42.5 Å². The van der Waals surface area contributed by atoms with Gasteiger partial charge in [-0.2, -0.15) is 0 Å². The minimum Gasteiger partial charge on any atom is -0.326 e. The standard InChI is InChI=1S/C21H19FN6O4/c1-13(29)23-15-3-2-4-16(11-15)24-18(30)12-28-20(32)19(31)27-10-9-26(21(27)25-28)17-7-5-14(22)6-8-17/h2-8,11H,9-10,12H2,1H3,(H,23,29)(H,24,30). The van der Waals surface area contributed by atoms with Gasteiger partial charge in [0.25, 0.3) is 0 Å². The van der Waals surface area contributed by atoms with Gasteiger partial charge in [-0.1, -0.05) is 6.07 Å². The minimum atomic E-state index is -0.920. The lowest BCUT2D eigenvalue weighted by atomic mass is 10.2. The summed E-state index contributed by atoms with van der Waals surface area (Å²) in [5, 5.41) is 9.43. The van der Waals surface area contributed by atoms with Gasteiger partial charge in [-0.3, -0.25) is 23.7 Å². The summed E-state index contributed by atoms with van der Waals surface area (Å²) in [4.78, 5) is 50.4. The van der Waals surface area contributed by atoms with Gasteiger partial charge >= 0.3 is 11.1 Å². The van der Waals surface area contributed by atoms with Crippen LogP contribution in [-0.2, 0) is 22.7 Å². The SMILES string of the molecule is CC(=O)Nc1cccc(NC(=O)Cn2nc3n(c(=O)c2=O)CCN3c2ccc(F)cc2)c1. The fourth-order valence-corrected chi connectivity index (χ4v) is 3.41. The maximum Gasteiger partial charge on any atom is 0.333 e. The number of amides is 2. The third-order valence-corrected chi connectivity index (χ3v) is 4.80. The second-order valence-corrected chi connectivity index (χ2v) is 7.16. The highest BCUT2D eigenvalue weighted by Crippen LogP contribution is 2.26. The molecule has 4 rings (SSSR count). The van der Waals surface area contributed by atoms with Crippen LogP contribution in [0.25, 0.3) is 0 Å². The molecule has 1 aromatic heterocycles. The van der Waals surface area contributed by atoms with Crippen LogP contribution in [0.1, 0.15) is 6.92 Å². The van der Waals surface area contributed by atoms with Gasteiger partial charge in [0.05, 0.1) is 0 Å². The molecule has 0 radical (unpaired) electrons. The van der Waals surface area contributed by atoms with Crippen molar-refractivity contribution in [2.75, 3.05) is 22.1 Å². The number of benzene rings is 2. The van der Waals surface area contributed by atoms with Crippen molar-refractivity contribution in [2.45, 2.75) is 20.0 Å². The Balaban J connectivity index is 1.58. The first kappa shape index (κ1) is 21.0. The Bertz CT molecular complexity index is 1320. The number of hydrogen-bond acceptors (Lipinski definition) is 6. The monoisotopic (exact) mass is 438 g/mol. The van der Waals surface area contributed by atoms with E-state index in [0.29, 0.717) is 23.6 Å². The smallest absolute Gasteiger partial charge is 0.326 e. The van der Waals surface area contributed by atoms with Crippen LogP contribution in [0.4, 0.5) is 27.4 Å². The molecule has 164 valence electrons. The number of fused-ring (bicyclic) bond motifs is 1. The quantitative estimate of drug-likeness (QED) is 0.580. The first-order valence-corrected chi connectivity index (χ1v) is 9.74. The van der Waals surface area contributed by atoms with Crippen molar-refractivity contribution in [3.05, 3.63) is 75.1 Å². The van der Waals surface area contributed by atoms with Crippen LogP contribution >= 0.6 is 0 Å². The van der Waals surface area contributed by atoms with Gasteiger partial charge in [-0.25, -0.2) is 9.07 Å². The zero-order valence-corrected chi connectivity index (χ0v) is 17.0. The molecule has 11 heteroatoms. The van der Waals surface area contributed by atoms with Crippen molar-refractivity contribution in [2.24, 2.45) is 0 Å². The molecule has 10 nitrogen and oxygen atoms in total. The molecule has 0 fully saturated rings. The van der Waals surface area contributed by atoms with E-state index in [0.717, 1.165) is 4.68 Å². The van der Waals surface area contributed by atoms with Crippen molar-refractivity contribution in [1.82, 2.24) is 14.3 Å². The lowest BCUT2D eigenvalue weighted by molar-refractivity contribution is -0.117. The van der Waals surface area contributed by atoms with E-state index in [1.54, 1.807) is 41.3 Å². The molecule has 3 aromatic rings. The minimum absolute atomic E-state index is 0.196. The maximum absolute atomic E-state index is 13.3. The third kappa shape index (κ3) is 4.26. The van der Waals surface area contributed by atoms with Crippen LogP contribution in [0.5, 0.6) is 0 Å².